The largest absolute Gasteiger partial charge is 0.328 e. The maximum Gasteiger partial charge on any atom is 0.00415 e. The highest BCUT2D eigenvalue weighted by atomic mass is 14.6. The summed E-state index contributed by atoms with van der Waals surface area (Å²) in [4.78, 5) is 0. The van der Waals surface area contributed by atoms with E-state index in [0.717, 1.165) is 5.92 Å². The first-order valence-electron chi connectivity index (χ1n) is 5.64. The Hall–Kier alpha value is -0.820. The minimum Gasteiger partial charge on any atom is -0.328 e. The fraction of sp³-hybridized carbons (Fsp3) is 0.538. The van der Waals surface area contributed by atoms with E-state index < -0.39 is 0 Å². The van der Waals surface area contributed by atoms with E-state index in [-0.39, 0.29) is 0 Å². The summed E-state index contributed by atoms with van der Waals surface area (Å²) in [5.41, 5.74) is 7.44. The second kappa shape index (κ2) is 4.61. The Labute approximate surface area is 86.3 Å². The molecule has 1 fully saturated rings. The molecule has 0 aromatic heterocycles. The zero-order valence-corrected chi connectivity index (χ0v) is 8.65. The Kier molecular flexibility index (Phi) is 3.20. The molecule has 0 aliphatic heterocycles. The third-order valence-corrected chi connectivity index (χ3v) is 3.19. The summed E-state index contributed by atoms with van der Waals surface area (Å²) < 4.78 is 0. The first-order chi connectivity index (χ1) is 6.84. The molecule has 14 heavy (non-hydrogen) atoms. The molecule has 0 spiro atoms. The molecule has 2 unspecified atom stereocenters. The minimum absolute atomic E-state index is 0.456. The molecular formula is C13H19N. The topological polar surface area (TPSA) is 26.0 Å². The molecular weight excluding hydrogens is 170 g/mol. The molecule has 1 aromatic rings. The van der Waals surface area contributed by atoms with Crippen molar-refractivity contribution >= 4 is 0 Å². The van der Waals surface area contributed by atoms with Crippen LogP contribution in [0.15, 0.2) is 30.3 Å². The average molecular weight is 189 g/mol. The lowest BCUT2D eigenvalue weighted by molar-refractivity contribution is 0.321. The van der Waals surface area contributed by atoms with Crippen LogP contribution in [0.2, 0.25) is 0 Å². The summed E-state index contributed by atoms with van der Waals surface area (Å²) >= 11 is 0. The van der Waals surface area contributed by atoms with Gasteiger partial charge in [-0.25, -0.2) is 0 Å². The monoisotopic (exact) mass is 189 g/mol. The lowest BCUT2D eigenvalue weighted by atomic mass is 9.82. The predicted octanol–water partition coefficient (Wildman–Crippen LogP) is 2.75. The second-order valence-electron chi connectivity index (χ2n) is 4.48. The molecule has 1 saturated carbocycles. The first kappa shape index (κ1) is 9.72. The van der Waals surface area contributed by atoms with Crippen LogP contribution in [-0.2, 0) is 6.42 Å². The second-order valence-corrected chi connectivity index (χ2v) is 4.48. The average Bonchev–Trinajstić information content (AvgIpc) is 2.19. The molecule has 76 valence electrons. The normalized spacial score (nSPS) is 27.5. The Morgan fingerprint density at radius 3 is 2.64 bits per heavy atom. The molecule has 1 aliphatic carbocycles. The van der Waals surface area contributed by atoms with Gasteiger partial charge in [0, 0.05) is 6.04 Å². The van der Waals surface area contributed by atoms with E-state index in [1.165, 1.54) is 37.7 Å². The van der Waals surface area contributed by atoms with Crippen molar-refractivity contribution in [3.8, 4) is 0 Å². The zero-order valence-electron chi connectivity index (χ0n) is 8.65. The lowest BCUT2D eigenvalue weighted by Gasteiger charge is -2.26. The highest BCUT2D eigenvalue weighted by molar-refractivity contribution is 5.15. The van der Waals surface area contributed by atoms with Gasteiger partial charge < -0.3 is 5.73 Å². The minimum atomic E-state index is 0.456. The maximum atomic E-state index is 5.98. The molecule has 1 aliphatic rings. The van der Waals surface area contributed by atoms with Gasteiger partial charge in [-0.1, -0.05) is 43.2 Å². The van der Waals surface area contributed by atoms with Gasteiger partial charge in [0.2, 0.25) is 0 Å². The number of hydrogen-bond donors (Lipinski definition) is 1. The van der Waals surface area contributed by atoms with Crippen LogP contribution >= 0.6 is 0 Å². The highest BCUT2D eigenvalue weighted by Gasteiger charge is 2.18. The highest BCUT2D eigenvalue weighted by Crippen LogP contribution is 2.26. The Balaban J connectivity index is 1.91. The molecule has 0 heterocycles. The summed E-state index contributed by atoms with van der Waals surface area (Å²) in [6.45, 7) is 0. The van der Waals surface area contributed by atoms with Gasteiger partial charge in [0.05, 0.1) is 0 Å². The summed E-state index contributed by atoms with van der Waals surface area (Å²) in [7, 11) is 0. The van der Waals surface area contributed by atoms with E-state index >= 15 is 0 Å². The van der Waals surface area contributed by atoms with Crippen molar-refractivity contribution in [1.29, 1.82) is 0 Å². The van der Waals surface area contributed by atoms with Gasteiger partial charge in [-0.05, 0) is 30.7 Å². The molecule has 0 bridgehead atoms. The van der Waals surface area contributed by atoms with Crippen LogP contribution in [0.3, 0.4) is 0 Å². The Morgan fingerprint density at radius 2 is 1.93 bits per heavy atom. The van der Waals surface area contributed by atoms with Gasteiger partial charge in [0.1, 0.15) is 0 Å². The van der Waals surface area contributed by atoms with Crippen molar-refractivity contribution in [3.63, 3.8) is 0 Å². The fourth-order valence-corrected chi connectivity index (χ4v) is 2.47. The quantitative estimate of drug-likeness (QED) is 0.760. The van der Waals surface area contributed by atoms with Crippen LogP contribution in [0, 0.1) is 5.92 Å². The standard InChI is InChI=1S/C13H19N/c14-13-8-4-7-12(10-13)9-11-5-2-1-3-6-11/h1-3,5-6,12-13H,4,7-10,14H2. The molecule has 1 aromatic carbocycles. The Morgan fingerprint density at radius 1 is 1.14 bits per heavy atom. The number of nitrogens with two attached hydrogens (primary N) is 1. The molecule has 1 nitrogen and oxygen atoms in total. The molecule has 2 rings (SSSR count). The van der Waals surface area contributed by atoms with Crippen LogP contribution < -0.4 is 5.73 Å². The van der Waals surface area contributed by atoms with Gasteiger partial charge in [-0.15, -0.1) is 0 Å². The van der Waals surface area contributed by atoms with Crippen LogP contribution in [-0.4, -0.2) is 6.04 Å². The zero-order chi connectivity index (χ0) is 9.80. The van der Waals surface area contributed by atoms with Crippen molar-refractivity contribution in [2.75, 3.05) is 0 Å². The Bertz CT molecular complexity index is 268. The van der Waals surface area contributed by atoms with Crippen LogP contribution in [0.25, 0.3) is 0 Å². The van der Waals surface area contributed by atoms with Crippen molar-refractivity contribution in [3.05, 3.63) is 35.9 Å². The molecule has 0 amide bonds. The summed E-state index contributed by atoms with van der Waals surface area (Å²) in [6, 6.07) is 11.2. The predicted molar refractivity (Wildman–Crippen MR) is 60.1 cm³/mol. The van der Waals surface area contributed by atoms with E-state index in [0.29, 0.717) is 6.04 Å². The van der Waals surface area contributed by atoms with Crippen molar-refractivity contribution < 1.29 is 0 Å². The molecule has 0 saturated heterocycles. The molecule has 2 atom stereocenters. The smallest absolute Gasteiger partial charge is 0.00415 e. The third-order valence-electron chi connectivity index (χ3n) is 3.19. The maximum absolute atomic E-state index is 5.98. The van der Waals surface area contributed by atoms with Crippen molar-refractivity contribution in [2.45, 2.75) is 38.1 Å². The van der Waals surface area contributed by atoms with Crippen molar-refractivity contribution in [1.82, 2.24) is 0 Å². The third kappa shape index (κ3) is 2.58. The molecule has 2 N–H and O–H groups in total. The molecule has 0 radical (unpaired) electrons. The van der Waals surface area contributed by atoms with Crippen LogP contribution in [0.4, 0.5) is 0 Å². The summed E-state index contributed by atoms with van der Waals surface area (Å²) in [6.07, 6.45) is 6.34. The van der Waals surface area contributed by atoms with Crippen LogP contribution in [0.5, 0.6) is 0 Å². The number of hydrogen-bond acceptors (Lipinski definition) is 1. The van der Waals surface area contributed by atoms with E-state index in [2.05, 4.69) is 30.3 Å². The van der Waals surface area contributed by atoms with E-state index in [1.54, 1.807) is 0 Å². The van der Waals surface area contributed by atoms with Crippen molar-refractivity contribution in [2.24, 2.45) is 11.7 Å². The number of rotatable bonds is 2. The van der Waals surface area contributed by atoms with Gasteiger partial charge in [0.15, 0.2) is 0 Å². The molecule has 1 heteroatoms. The summed E-state index contributed by atoms with van der Waals surface area (Å²) in [5, 5.41) is 0. The first-order valence-corrected chi connectivity index (χ1v) is 5.64. The summed E-state index contributed by atoms with van der Waals surface area (Å²) in [5.74, 6) is 0.821. The SMILES string of the molecule is NC1CCCC(Cc2ccccc2)C1. The van der Waals surface area contributed by atoms with E-state index in [1.807, 2.05) is 0 Å². The van der Waals surface area contributed by atoms with E-state index in [4.69, 9.17) is 5.73 Å². The lowest BCUT2D eigenvalue weighted by Crippen LogP contribution is -2.28. The number of benzene rings is 1. The van der Waals surface area contributed by atoms with Crippen LogP contribution in [0.1, 0.15) is 31.2 Å². The van der Waals surface area contributed by atoms with Gasteiger partial charge in [0.25, 0.3) is 0 Å². The van der Waals surface area contributed by atoms with Gasteiger partial charge in [-0.3, -0.25) is 0 Å². The van der Waals surface area contributed by atoms with Gasteiger partial charge >= 0.3 is 0 Å². The van der Waals surface area contributed by atoms with E-state index in [9.17, 15) is 0 Å². The fourth-order valence-electron chi connectivity index (χ4n) is 2.47. The van der Waals surface area contributed by atoms with Gasteiger partial charge in [-0.2, -0.15) is 0 Å².